The molecule has 2 aromatic carbocycles. The second kappa shape index (κ2) is 9.53. The van der Waals surface area contributed by atoms with Gasteiger partial charge in [0, 0.05) is 56.8 Å². The number of thiazole rings is 1. The summed E-state index contributed by atoms with van der Waals surface area (Å²) in [6.07, 6.45) is 1.31. The van der Waals surface area contributed by atoms with E-state index in [-0.39, 0.29) is 5.91 Å². The number of carbonyl (C=O) groups excluding carboxylic acids is 1. The molecule has 2 aliphatic heterocycles. The van der Waals surface area contributed by atoms with Crippen LogP contribution in [0.3, 0.4) is 0 Å². The molecule has 6 heteroatoms. The van der Waals surface area contributed by atoms with Crippen molar-refractivity contribution >= 4 is 17.2 Å². The van der Waals surface area contributed by atoms with Crippen molar-refractivity contribution in [2.24, 2.45) is 0 Å². The van der Waals surface area contributed by atoms with Crippen LogP contribution in [0.15, 0.2) is 53.9 Å². The first-order valence-corrected chi connectivity index (χ1v) is 12.3. The van der Waals surface area contributed by atoms with Gasteiger partial charge in [-0.1, -0.05) is 42.5 Å². The number of aromatic nitrogens is 1. The molecule has 0 radical (unpaired) electrons. The van der Waals surface area contributed by atoms with E-state index in [0.29, 0.717) is 13.0 Å². The number of benzene rings is 2. The molecule has 0 spiro atoms. The number of fused-ring (bicyclic) bond motifs is 1. The fourth-order valence-corrected chi connectivity index (χ4v) is 5.38. The Morgan fingerprint density at radius 1 is 1.00 bits per heavy atom. The number of piperazine rings is 1. The van der Waals surface area contributed by atoms with Crippen LogP contribution >= 0.6 is 11.3 Å². The van der Waals surface area contributed by atoms with Crippen LogP contribution < -0.4 is 0 Å². The van der Waals surface area contributed by atoms with E-state index >= 15 is 0 Å². The average molecular weight is 447 g/mol. The zero-order valence-corrected chi connectivity index (χ0v) is 19.5. The van der Waals surface area contributed by atoms with Crippen LogP contribution in [-0.4, -0.2) is 65.4 Å². The van der Waals surface area contributed by atoms with E-state index in [1.165, 1.54) is 16.7 Å². The molecular formula is C26H30N4OS. The van der Waals surface area contributed by atoms with Gasteiger partial charge in [-0.25, -0.2) is 4.98 Å². The molecule has 5 nitrogen and oxygen atoms in total. The summed E-state index contributed by atoms with van der Waals surface area (Å²) >= 11 is 1.63. The zero-order valence-electron chi connectivity index (χ0n) is 18.7. The summed E-state index contributed by atoms with van der Waals surface area (Å²) in [4.78, 5) is 24.6. The lowest BCUT2D eigenvalue weighted by molar-refractivity contribution is -0.131. The highest BCUT2D eigenvalue weighted by atomic mass is 32.1. The molecule has 0 unspecified atom stereocenters. The predicted molar refractivity (Wildman–Crippen MR) is 130 cm³/mol. The van der Waals surface area contributed by atoms with E-state index in [4.69, 9.17) is 4.98 Å². The molecule has 0 atom stereocenters. The number of hydrogen-bond acceptors (Lipinski definition) is 5. The van der Waals surface area contributed by atoms with Gasteiger partial charge in [-0.15, -0.1) is 11.3 Å². The summed E-state index contributed by atoms with van der Waals surface area (Å²) < 4.78 is 0. The van der Waals surface area contributed by atoms with Crippen LogP contribution in [-0.2, 0) is 30.7 Å². The third-order valence-electron chi connectivity index (χ3n) is 6.54. The topological polar surface area (TPSA) is 39.7 Å². The van der Waals surface area contributed by atoms with Crippen molar-refractivity contribution in [2.45, 2.75) is 25.9 Å². The number of likely N-dealkylation sites (N-methyl/N-ethyl adjacent to an activating group) is 1. The standard InChI is InChI=1S/C26H30N4OS/c1-28-11-13-29(14-12-28)17-20-5-4-8-22(15-20)26-27-24(19-32-26)16-25(31)30-10-9-21-6-2-3-7-23(21)18-30/h2-8,15,19H,9-14,16-18H2,1H3. The zero-order chi connectivity index (χ0) is 21.9. The van der Waals surface area contributed by atoms with Gasteiger partial charge in [0.15, 0.2) is 0 Å². The van der Waals surface area contributed by atoms with Crippen LogP contribution in [0.5, 0.6) is 0 Å². The predicted octanol–water partition coefficient (Wildman–Crippen LogP) is 3.68. The summed E-state index contributed by atoms with van der Waals surface area (Å²) in [6, 6.07) is 17.1. The fraction of sp³-hybridized carbons (Fsp3) is 0.385. The molecule has 0 N–H and O–H groups in total. The van der Waals surface area contributed by atoms with Crippen molar-refractivity contribution in [1.29, 1.82) is 0 Å². The van der Waals surface area contributed by atoms with E-state index in [1.807, 2.05) is 10.3 Å². The molecule has 32 heavy (non-hydrogen) atoms. The maximum atomic E-state index is 12.9. The minimum absolute atomic E-state index is 0.167. The Kier molecular flexibility index (Phi) is 6.35. The Bertz CT molecular complexity index is 1090. The minimum Gasteiger partial charge on any atom is -0.338 e. The summed E-state index contributed by atoms with van der Waals surface area (Å²) in [5.74, 6) is 0.167. The number of hydrogen-bond donors (Lipinski definition) is 0. The molecule has 2 aliphatic rings. The Morgan fingerprint density at radius 3 is 2.66 bits per heavy atom. The lowest BCUT2D eigenvalue weighted by atomic mass is 10.00. The Balaban J connectivity index is 1.22. The summed E-state index contributed by atoms with van der Waals surface area (Å²) in [5, 5.41) is 3.04. The van der Waals surface area contributed by atoms with Crippen molar-refractivity contribution in [3.63, 3.8) is 0 Å². The van der Waals surface area contributed by atoms with Crippen molar-refractivity contribution in [2.75, 3.05) is 39.8 Å². The second-order valence-electron chi connectivity index (χ2n) is 8.93. The van der Waals surface area contributed by atoms with Crippen LogP contribution in [0.1, 0.15) is 22.4 Å². The molecule has 3 heterocycles. The third kappa shape index (κ3) is 4.93. The van der Waals surface area contributed by atoms with Gasteiger partial charge >= 0.3 is 0 Å². The Labute approximate surface area is 194 Å². The van der Waals surface area contributed by atoms with Gasteiger partial charge in [0.25, 0.3) is 0 Å². The first-order valence-electron chi connectivity index (χ1n) is 11.4. The second-order valence-corrected chi connectivity index (χ2v) is 9.79. The van der Waals surface area contributed by atoms with Crippen LogP contribution in [0, 0.1) is 0 Å². The van der Waals surface area contributed by atoms with Crippen molar-refractivity contribution < 1.29 is 4.79 Å². The van der Waals surface area contributed by atoms with E-state index in [2.05, 4.69) is 65.4 Å². The normalized spacial score (nSPS) is 17.3. The van der Waals surface area contributed by atoms with Crippen LogP contribution in [0.4, 0.5) is 0 Å². The van der Waals surface area contributed by atoms with Crippen LogP contribution in [0.25, 0.3) is 10.6 Å². The van der Waals surface area contributed by atoms with Gasteiger partial charge in [0.1, 0.15) is 5.01 Å². The number of rotatable bonds is 5. The molecule has 1 saturated heterocycles. The Morgan fingerprint density at radius 2 is 1.81 bits per heavy atom. The fourth-order valence-electron chi connectivity index (χ4n) is 4.56. The average Bonchev–Trinajstić information content (AvgIpc) is 3.29. The number of carbonyl (C=O) groups is 1. The van der Waals surface area contributed by atoms with Gasteiger partial charge in [-0.3, -0.25) is 9.69 Å². The summed E-state index contributed by atoms with van der Waals surface area (Å²) in [6.45, 7) is 6.98. The van der Waals surface area contributed by atoms with E-state index in [0.717, 1.165) is 62.0 Å². The number of nitrogens with zero attached hydrogens (tertiary/aromatic N) is 4. The molecule has 1 fully saturated rings. The minimum atomic E-state index is 0.167. The highest BCUT2D eigenvalue weighted by Crippen LogP contribution is 2.26. The van der Waals surface area contributed by atoms with Crippen LogP contribution in [0.2, 0.25) is 0 Å². The maximum Gasteiger partial charge on any atom is 0.228 e. The Hall–Kier alpha value is -2.54. The molecule has 0 bridgehead atoms. The summed E-state index contributed by atoms with van der Waals surface area (Å²) in [7, 11) is 2.19. The molecule has 5 rings (SSSR count). The van der Waals surface area contributed by atoms with E-state index in [9.17, 15) is 4.79 Å². The van der Waals surface area contributed by atoms with Gasteiger partial charge < -0.3 is 9.80 Å². The van der Waals surface area contributed by atoms with Gasteiger partial charge in [-0.05, 0) is 36.2 Å². The van der Waals surface area contributed by atoms with E-state index in [1.54, 1.807) is 11.3 Å². The molecule has 1 aromatic heterocycles. The van der Waals surface area contributed by atoms with Crippen molar-refractivity contribution in [3.8, 4) is 10.6 Å². The molecule has 166 valence electrons. The smallest absolute Gasteiger partial charge is 0.228 e. The highest BCUT2D eigenvalue weighted by molar-refractivity contribution is 7.13. The SMILES string of the molecule is CN1CCN(Cc2cccc(-c3nc(CC(=O)N4CCc5ccccc5C4)cs3)c2)CC1. The lowest BCUT2D eigenvalue weighted by Gasteiger charge is -2.32. The monoisotopic (exact) mass is 446 g/mol. The molecule has 0 aliphatic carbocycles. The van der Waals surface area contributed by atoms with E-state index < -0.39 is 0 Å². The lowest BCUT2D eigenvalue weighted by Crippen LogP contribution is -2.43. The summed E-state index contributed by atoms with van der Waals surface area (Å²) in [5.41, 5.74) is 5.98. The highest BCUT2D eigenvalue weighted by Gasteiger charge is 2.21. The molecular weight excluding hydrogens is 416 g/mol. The maximum absolute atomic E-state index is 12.9. The third-order valence-corrected chi connectivity index (χ3v) is 7.48. The molecule has 0 saturated carbocycles. The quantitative estimate of drug-likeness (QED) is 0.599. The number of amides is 1. The molecule has 1 amide bonds. The van der Waals surface area contributed by atoms with Crippen molar-refractivity contribution in [3.05, 3.63) is 76.3 Å². The van der Waals surface area contributed by atoms with Gasteiger partial charge in [0.2, 0.25) is 5.91 Å². The first kappa shape index (κ1) is 21.3. The van der Waals surface area contributed by atoms with Gasteiger partial charge in [0.05, 0.1) is 12.1 Å². The van der Waals surface area contributed by atoms with Crippen molar-refractivity contribution in [1.82, 2.24) is 19.7 Å². The first-order chi connectivity index (χ1) is 15.6. The largest absolute Gasteiger partial charge is 0.338 e. The van der Waals surface area contributed by atoms with Gasteiger partial charge in [-0.2, -0.15) is 0 Å². The molecule has 3 aromatic rings.